The highest BCUT2D eigenvalue weighted by atomic mass is 32.2. The van der Waals surface area contributed by atoms with Gasteiger partial charge in [0.15, 0.2) is 5.69 Å². The number of carbonyl (C=O) groups excluding carboxylic acids is 1. The third kappa shape index (κ3) is 4.64. The van der Waals surface area contributed by atoms with E-state index >= 15 is 0 Å². The highest BCUT2D eigenvalue weighted by molar-refractivity contribution is 7.99. The molecule has 0 bridgehead atoms. The lowest BCUT2D eigenvalue weighted by molar-refractivity contribution is 0.0769. The van der Waals surface area contributed by atoms with Gasteiger partial charge in [0.2, 0.25) is 5.95 Å². The fourth-order valence-corrected chi connectivity index (χ4v) is 3.83. The molecule has 2 aromatic heterocycles. The van der Waals surface area contributed by atoms with Crippen molar-refractivity contribution in [2.75, 3.05) is 31.6 Å². The summed E-state index contributed by atoms with van der Waals surface area (Å²) in [5.41, 5.74) is 6.36. The van der Waals surface area contributed by atoms with Crippen LogP contribution in [0.5, 0.6) is 0 Å². The normalized spacial score (nSPS) is 16.9. The average molecular weight is 389 g/mol. The van der Waals surface area contributed by atoms with Crippen LogP contribution in [0.1, 0.15) is 29.5 Å². The van der Waals surface area contributed by atoms with Gasteiger partial charge in [0.25, 0.3) is 11.5 Å². The minimum absolute atomic E-state index is 0.0894. The molecule has 3 N–H and O–H groups in total. The van der Waals surface area contributed by atoms with Crippen molar-refractivity contribution in [1.82, 2.24) is 29.7 Å². The number of hydrogen-bond donors (Lipinski definition) is 2. The molecule has 1 unspecified atom stereocenters. The van der Waals surface area contributed by atoms with Crippen molar-refractivity contribution in [3.05, 3.63) is 40.2 Å². The number of nitrogens with zero attached hydrogens (tertiary/aromatic N) is 5. The number of likely N-dealkylation sites (tertiary alicyclic amines) is 1. The molecule has 0 radical (unpaired) electrons. The van der Waals surface area contributed by atoms with Crippen molar-refractivity contribution in [2.45, 2.75) is 31.0 Å². The number of H-pyrrole nitrogens is 1. The molecule has 1 aliphatic heterocycles. The molecule has 0 aromatic carbocycles. The van der Waals surface area contributed by atoms with Gasteiger partial charge in [0.1, 0.15) is 5.03 Å². The van der Waals surface area contributed by atoms with E-state index in [0.717, 1.165) is 12.2 Å². The number of thioether (sulfide) groups is 1. The Hall–Kier alpha value is -2.46. The number of aromatic amines is 1. The Morgan fingerprint density at radius 3 is 2.96 bits per heavy atom. The highest BCUT2D eigenvalue weighted by Gasteiger charge is 2.31. The molecule has 10 heteroatoms. The summed E-state index contributed by atoms with van der Waals surface area (Å²) in [6, 6.07) is 1.62. The maximum atomic E-state index is 12.9. The zero-order valence-electron chi connectivity index (χ0n) is 15.4. The van der Waals surface area contributed by atoms with Gasteiger partial charge in [-0.05, 0) is 19.2 Å². The monoisotopic (exact) mass is 389 g/mol. The van der Waals surface area contributed by atoms with Gasteiger partial charge in [-0.2, -0.15) is 0 Å². The third-order valence-electron chi connectivity index (χ3n) is 4.45. The molecule has 3 heterocycles. The number of nitrogens with two attached hydrogens (primary N) is 1. The van der Waals surface area contributed by atoms with E-state index in [4.69, 9.17) is 5.73 Å². The van der Waals surface area contributed by atoms with Crippen LogP contribution < -0.4 is 11.3 Å². The van der Waals surface area contributed by atoms with E-state index in [9.17, 15) is 9.59 Å². The van der Waals surface area contributed by atoms with Crippen molar-refractivity contribution in [3.63, 3.8) is 0 Å². The SMILES string of the molecule is CCSc1nccnc1C(=O)N1CCC(N(C)Cc2cc(=O)[nH]c(N)n2)C1. The van der Waals surface area contributed by atoms with E-state index < -0.39 is 0 Å². The molecular weight excluding hydrogens is 366 g/mol. The molecule has 0 spiro atoms. The van der Waals surface area contributed by atoms with Gasteiger partial charge in [-0.1, -0.05) is 6.92 Å². The zero-order valence-corrected chi connectivity index (χ0v) is 16.2. The first-order valence-electron chi connectivity index (χ1n) is 8.77. The second kappa shape index (κ2) is 8.49. The first kappa shape index (κ1) is 19.3. The summed E-state index contributed by atoms with van der Waals surface area (Å²) >= 11 is 1.52. The molecule has 1 atom stereocenters. The molecule has 9 nitrogen and oxygen atoms in total. The lowest BCUT2D eigenvalue weighted by Crippen LogP contribution is -2.37. The van der Waals surface area contributed by atoms with Crippen LogP contribution in [0.25, 0.3) is 0 Å². The first-order chi connectivity index (χ1) is 13.0. The van der Waals surface area contributed by atoms with E-state index in [0.29, 0.717) is 36.0 Å². The lowest BCUT2D eigenvalue weighted by atomic mass is 10.2. The van der Waals surface area contributed by atoms with Crippen molar-refractivity contribution >= 4 is 23.6 Å². The smallest absolute Gasteiger partial charge is 0.275 e. The molecule has 27 heavy (non-hydrogen) atoms. The summed E-state index contributed by atoms with van der Waals surface area (Å²) in [7, 11) is 1.96. The fraction of sp³-hybridized carbons (Fsp3) is 0.471. The van der Waals surface area contributed by atoms with E-state index in [-0.39, 0.29) is 23.5 Å². The Kier molecular flexibility index (Phi) is 6.07. The number of anilines is 1. The van der Waals surface area contributed by atoms with E-state index in [2.05, 4.69) is 24.8 Å². The summed E-state index contributed by atoms with van der Waals surface area (Å²) in [6.07, 6.45) is 4.00. The van der Waals surface area contributed by atoms with Crippen molar-refractivity contribution in [2.24, 2.45) is 0 Å². The molecular formula is C17H23N7O2S. The Labute approximate surface area is 161 Å². The Morgan fingerprint density at radius 1 is 1.44 bits per heavy atom. The quantitative estimate of drug-likeness (QED) is 0.689. The maximum absolute atomic E-state index is 12.9. The largest absolute Gasteiger partial charge is 0.369 e. The molecule has 144 valence electrons. The Balaban J connectivity index is 1.65. The summed E-state index contributed by atoms with van der Waals surface area (Å²) in [4.78, 5) is 43.4. The number of aromatic nitrogens is 4. The minimum Gasteiger partial charge on any atom is -0.369 e. The van der Waals surface area contributed by atoms with Crippen LogP contribution in [0.15, 0.2) is 28.3 Å². The molecule has 0 aliphatic carbocycles. The van der Waals surface area contributed by atoms with Crippen LogP contribution in [0.2, 0.25) is 0 Å². The van der Waals surface area contributed by atoms with Crippen LogP contribution in [-0.4, -0.2) is 67.6 Å². The average Bonchev–Trinajstić information content (AvgIpc) is 3.11. The highest BCUT2D eigenvalue weighted by Crippen LogP contribution is 2.22. The van der Waals surface area contributed by atoms with Crippen LogP contribution in [-0.2, 0) is 6.54 Å². The summed E-state index contributed by atoms with van der Waals surface area (Å²) in [5, 5.41) is 0.671. The summed E-state index contributed by atoms with van der Waals surface area (Å²) < 4.78 is 0. The molecule has 2 aromatic rings. The molecule has 1 aliphatic rings. The number of rotatable bonds is 6. The van der Waals surface area contributed by atoms with Crippen molar-refractivity contribution in [3.8, 4) is 0 Å². The summed E-state index contributed by atoms with van der Waals surface area (Å²) in [5.74, 6) is 0.850. The number of carbonyl (C=O) groups is 1. The van der Waals surface area contributed by atoms with Gasteiger partial charge in [0.05, 0.1) is 5.69 Å². The van der Waals surface area contributed by atoms with Crippen molar-refractivity contribution < 1.29 is 4.79 Å². The number of likely N-dealkylation sites (N-methyl/N-ethyl adjacent to an activating group) is 1. The second-order valence-corrected chi connectivity index (χ2v) is 7.63. The van der Waals surface area contributed by atoms with E-state index in [1.165, 1.54) is 17.8 Å². The maximum Gasteiger partial charge on any atom is 0.275 e. The van der Waals surface area contributed by atoms with Gasteiger partial charge in [0, 0.05) is 44.1 Å². The number of hydrogen-bond acceptors (Lipinski definition) is 8. The standard InChI is InChI=1S/C17H23N7O2S/c1-3-27-15-14(19-5-6-20-15)16(26)24-7-4-12(10-24)23(2)9-11-8-13(25)22-17(18)21-11/h5-6,8,12H,3-4,7,9-10H2,1-2H3,(H3,18,21,22,25). The second-order valence-electron chi connectivity index (χ2n) is 6.37. The molecule has 0 saturated carbocycles. The molecule has 1 fully saturated rings. The first-order valence-corrected chi connectivity index (χ1v) is 9.75. The van der Waals surface area contributed by atoms with Crippen LogP contribution in [0.4, 0.5) is 5.95 Å². The van der Waals surface area contributed by atoms with Crippen LogP contribution >= 0.6 is 11.8 Å². The molecule has 1 amide bonds. The van der Waals surface area contributed by atoms with E-state index in [1.807, 2.05) is 18.9 Å². The topological polar surface area (TPSA) is 121 Å². The van der Waals surface area contributed by atoms with Gasteiger partial charge in [-0.25, -0.2) is 15.0 Å². The Bertz CT molecular complexity index is 872. The molecule has 3 rings (SSSR count). The summed E-state index contributed by atoms with van der Waals surface area (Å²) in [6.45, 7) is 3.76. The third-order valence-corrected chi connectivity index (χ3v) is 5.31. The predicted molar refractivity (Wildman–Crippen MR) is 103 cm³/mol. The van der Waals surface area contributed by atoms with E-state index in [1.54, 1.807) is 12.4 Å². The number of amides is 1. The molecule has 1 saturated heterocycles. The minimum atomic E-state index is -0.266. The number of nitrogen functional groups attached to an aromatic ring is 1. The van der Waals surface area contributed by atoms with Crippen LogP contribution in [0, 0.1) is 0 Å². The number of nitrogens with one attached hydrogen (secondary N) is 1. The van der Waals surface area contributed by atoms with Gasteiger partial charge < -0.3 is 10.6 Å². The van der Waals surface area contributed by atoms with Gasteiger partial charge in [-0.15, -0.1) is 11.8 Å². The zero-order chi connectivity index (χ0) is 19.4. The van der Waals surface area contributed by atoms with Gasteiger partial charge >= 0.3 is 0 Å². The lowest BCUT2D eigenvalue weighted by Gasteiger charge is -2.24. The van der Waals surface area contributed by atoms with Gasteiger partial charge in [-0.3, -0.25) is 19.5 Å². The van der Waals surface area contributed by atoms with Crippen LogP contribution in [0.3, 0.4) is 0 Å². The predicted octanol–water partition coefficient (Wildman–Crippen LogP) is 0.601. The Morgan fingerprint density at radius 2 is 2.22 bits per heavy atom. The van der Waals surface area contributed by atoms with Crippen molar-refractivity contribution in [1.29, 1.82) is 0 Å². The fourth-order valence-electron chi connectivity index (χ4n) is 3.14.